The fourth-order valence-corrected chi connectivity index (χ4v) is 2.41. The number of hydrogen-bond donors (Lipinski definition) is 2. The first-order valence-corrected chi connectivity index (χ1v) is 7.07. The van der Waals surface area contributed by atoms with Crippen molar-refractivity contribution in [2.45, 2.75) is 26.3 Å². The topological polar surface area (TPSA) is 75.1 Å². The molecule has 0 aliphatic heterocycles. The number of aromatic amines is 1. The summed E-state index contributed by atoms with van der Waals surface area (Å²) >= 11 is 3.35. The molecular formula is C14H15BrN2O3. The molecule has 1 atom stereocenters. The van der Waals surface area contributed by atoms with Crippen LogP contribution >= 0.6 is 15.9 Å². The Labute approximate surface area is 124 Å². The number of nitrogens with zero attached hydrogens (tertiary/aromatic N) is 1. The van der Waals surface area contributed by atoms with Crippen molar-refractivity contribution in [1.82, 2.24) is 9.55 Å². The van der Waals surface area contributed by atoms with Gasteiger partial charge in [0, 0.05) is 4.47 Å². The summed E-state index contributed by atoms with van der Waals surface area (Å²) in [6.07, 6.45) is 0.356. The fourth-order valence-electron chi connectivity index (χ4n) is 2.14. The second kappa shape index (κ2) is 5.66. The van der Waals surface area contributed by atoms with Gasteiger partial charge in [0.05, 0.1) is 11.6 Å². The molecule has 2 aromatic rings. The van der Waals surface area contributed by atoms with E-state index >= 15 is 0 Å². The number of hydrogen-bond acceptors (Lipinski definition) is 3. The smallest absolute Gasteiger partial charge is 0.331 e. The van der Waals surface area contributed by atoms with E-state index in [1.165, 1.54) is 4.57 Å². The molecule has 1 aromatic heterocycles. The van der Waals surface area contributed by atoms with Crippen LogP contribution in [0, 0.1) is 0 Å². The number of rotatable bonds is 3. The summed E-state index contributed by atoms with van der Waals surface area (Å²) in [6.45, 7) is 3.55. The lowest BCUT2D eigenvalue weighted by atomic mass is 10.1. The summed E-state index contributed by atoms with van der Waals surface area (Å²) < 4.78 is 2.13. The number of aromatic nitrogens is 2. The zero-order chi connectivity index (χ0) is 14.9. The van der Waals surface area contributed by atoms with Gasteiger partial charge in [-0.25, -0.2) is 4.79 Å². The summed E-state index contributed by atoms with van der Waals surface area (Å²) in [4.78, 5) is 25.8. The van der Waals surface area contributed by atoms with Crippen LogP contribution in [0.3, 0.4) is 0 Å². The Hall–Kier alpha value is -1.82. The van der Waals surface area contributed by atoms with Crippen molar-refractivity contribution in [3.05, 3.63) is 60.7 Å². The minimum atomic E-state index is -0.611. The third-order valence-corrected chi connectivity index (χ3v) is 3.83. The standard InChI is InChI=1S/C14H15BrN2O3/c1-3-11-12(18)16-14(20)17(13(11)19)8(2)9-4-6-10(15)7-5-9/h4-8,19H,3H2,1-2H3,(H,16,18,20). The Morgan fingerprint density at radius 1 is 1.30 bits per heavy atom. The molecular weight excluding hydrogens is 324 g/mol. The SMILES string of the molecule is CCc1c(O)n(C(C)c2ccc(Br)cc2)c(=O)[nH]c1=O. The highest BCUT2D eigenvalue weighted by molar-refractivity contribution is 9.10. The van der Waals surface area contributed by atoms with Gasteiger partial charge in [-0.3, -0.25) is 14.3 Å². The van der Waals surface area contributed by atoms with Gasteiger partial charge in [-0.15, -0.1) is 0 Å². The molecule has 0 fully saturated rings. The number of nitrogens with one attached hydrogen (secondary N) is 1. The van der Waals surface area contributed by atoms with Crippen molar-refractivity contribution < 1.29 is 5.11 Å². The Bertz CT molecular complexity index is 732. The van der Waals surface area contributed by atoms with Gasteiger partial charge in [-0.05, 0) is 31.0 Å². The molecule has 2 rings (SSSR count). The van der Waals surface area contributed by atoms with Gasteiger partial charge >= 0.3 is 5.69 Å². The average Bonchev–Trinajstić information content (AvgIpc) is 2.39. The van der Waals surface area contributed by atoms with Gasteiger partial charge in [-0.2, -0.15) is 0 Å². The van der Waals surface area contributed by atoms with Crippen molar-refractivity contribution in [1.29, 1.82) is 0 Å². The minimum absolute atomic E-state index is 0.216. The predicted molar refractivity (Wildman–Crippen MR) is 80.3 cm³/mol. The summed E-state index contributed by atoms with van der Waals surface area (Å²) in [5.41, 5.74) is -0.0670. The lowest BCUT2D eigenvalue weighted by molar-refractivity contribution is 0.382. The molecule has 0 saturated heterocycles. The summed E-state index contributed by atoms with van der Waals surface area (Å²) in [5, 5.41) is 10.2. The Kier molecular flexibility index (Phi) is 4.13. The van der Waals surface area contributed by atoms with Gasteiger partial charge in [0.25, 0.3) is 5.56 Å². The number of aromatic hydroxyl groups is 1. The van der Waals surface area contributed by atoms with E-state index < -0.39 is 11.2 Å². The van der Waals surface area contributed by atoms with Crippen LogP contribution in [0.5, 0.6) is 5.88 Å². The molecule has 6 heteroatoms. The van der Waals surface area contributed by atoms with E-state index in [4.69, 9.17) is 0 Å². The maximum Gasteiger partial charge on any atom is 0.331 e. The number of H-pyrrole nitrogens is 1. The van der Waals surface area contributed by atoms with Crippen LogP contribution in [0.25, 0.3) is 0 Å². The van der Waals surface area contributed by atoms with E-state index in [2.05, 4.69) is 20.9 Å². The highest BCUT2D eigenvalue weighted by atomic mass is 79.9. The van der Waals surface area contributed by atoms with E-state index in [0.717, 1.165) is 10.0 Å². The zero-order valence-electron chi connectivity index (χ0n) is 11.2. The van der Waals surface area contributed by atoms with Crippen LogP contribution in [0.2, 0.25) is 0 Å². The number of benzene rings is 1. The molecule has 0 aliphatic carbocycles. The van der Waals surface area contributed by atoms with Crippen LogP contribution in [0.1, 0.15) is 31.0 Å². The Morgan fingerprint density at radius 3 is 2.45 bits per heavy atom. The van der Waals surface area contributed by atoms with Gasteiger partial charge in [0.2, 0.25) is 5.88 Å². The highest BCUT2D eigenvalue weighted by Crippen LogP contribution is 2.23. The van der Waals surface area contributed by atoms with Crippen LogP contribution in [0.4, 0.5) is 0 Å². The van der Waals surface area contributed by atoms with Gasteiger partial charge in [0.1, 0.15) is 0 Å². The molecule has 2 N–H and O–H groups in total. The van der Waals surface area contributed by atoms with E-state index in [9.17, 15) is 14.7 Å². The summed E-state index contributed by atoms with van der Waals surface area (Å²) in [6, 6.07) is 7.06. The molecule has 1 unspecified atom stereocenters. The second-order valence-electron chi connectivity index (χ2n) is 4.51. The van der Waals surface area contributed by atoms with E-state index in [1.807, 2.05) is 24.3 Å². The molecule has 5 nitrogen and oxygen atoms in total. The first kappa shape index (κ1) is 14.6. The lowest BCUT2D eigenvalue weighted by Gasteiger charge is -2.18. The lowest BCUT2D eigenvalue weighted by Crippen LogP contribution is -2.34. The average molecular weight is 339 g/mol. The minimum Gasteiger partial charge on any atom is -0.494 e. The van der Waals surface area contributed by atoms with Crippen LogP contribution in [0.15, 0.2) is 38.3 Å². The molecule has 20 heavy (non-hydrogen) atoms. The Balaban J connectivity index is 2.60. The molecule has 0 aliphatic rings. The fraction of sp³-hybridized carbons (Fsp3) is 0.286. The summed E-state index contributed by atoms with van der Waals surface area (Å²) in [7, 11) is 0. The maximum absolute atomic E-state index is 11.9. The van der Waals surface area contributed by atoms with Crippen LogP contribution in [-0.4, -0.2) is 14.7 Å². The second-order valence-corrected chi connectivity index (χ2v) is 5.43. The molecule has 1 heterocycles. The van der Waals surface area contributed by atoms with E-state index in [1.54, 1.807) is 13.8 Å². The van der Waals surface area contributed by atoms with Crippen LogP contribution in [-0.2, 0) is 6.42 Å². The summed E-state index contributed by atoms with van der Waals surface area (Å²) in [5.74, 6) is -0.267. The predicted octanol–water partition coefficient (Wildman–Crippen LogP) is 2.18. The highest BCUT2D eigenvalue weighted by Gasteiger charge is 2.18. The molecule has 0 spiro atoms. The quantitative estimate of drug-likeness (QED) is 0.900. The molecule has 0 amide bonds. The van der Waals surface area contributed by atoms with Gasteiger partial charge < -0.3 is 5.11 Å². The van der Waals surface area contributed by atoms with Crippen molar-refractivity contribution in [3.63, 3.8) is 0 Å². The normalized spacial score (nSPS) is 12.3. The molecule has 1 aromatic carbocycles. The molecule has 0 saturated carbocycles. The molecule has 106 valence electrons. The third kappa shape index (κ3) is 2.56. The van der Waals surface area contributed by atoms with Gasteiger partial charge in [0.15, 0.2) is 0 Å². The van der Waals surface area contributed by atoms with Gasteiger partial charge in [-0.1, -0.05) is 35.0 Å². The first-order valence-electron chi connectivity index (χ1n) is 6.27. The maximum atomic E-state index is 11.9. The third-order valence-electron chi connectivity index (χ3n) is 3.30. The van der Waals surface area contributed by atoms with E-state index in [-0.39, 0.29) is 17.5 Å². The number of halogens is 1. The molecule has 0 radical (unpaired) electrons. The zero-order valence-corrected chi connectivity index (χ0v) is 12.8. The van der Waals surface area contributed by atoms with Crippen LogP contribution < -0.4 is 11.2 Å². The Morgan fingerprint density at radius 2 is 1.90 bits per heavy atom. The monoisotopic (exact) mass is 338 g/mol. The van der Waals surface area contributed by atoms with Crippen molar-refractivity contribution in [2.24, 2.45) is 0 Å². The van der Waals surface area contributed by atoms with E-state index in [0.29, 0.717) is 6.42 Å². The first-order chi connectivity index (χ1) is 9.45. The van der Waals surface area contributed by atoms with Crippen molar-refractivity contribution in [3.8, 4) is 5.88 Å². The largest absolute Gasteiger partial charge is 0.494 e. The van der Waals surface area contributed by atoms with Crippen molar-refractivity contribution >= 4 is 15.9 Å². The van der Waals surface area contributed by atoms with Crippen molar-refractivity contribution in [2.75, 3.05) is 0 Å². The molecule has 0 bridgehead atoms.